The first kappa shape index (κ1) is 13.6. The van der Waals surface area contributed by atoms with Crippen molar-refractivity contribution in [3.8, 4) is 5.69 Å². The second-order valence-electron chi connectivity index (χ2n) is 3.75. The number of nitrogens with zero attached hydrogens (tertiary/aromatic N) is 2. The first-order valence-corrected chi connectivity index (χ1v) is 7.29. The van der Waals surface area contributed by atoms with E-state index in [4.69, 9.17) is 28.9 Å². The summed E-state index contributed by atoms with van der Waals surface area (Å²) in [5, 5.41) is 5.29. The number of nitrogen functional groups attached to an aromatic ring is 1. The molecule has 2 N–H and O–H groups in total. The van der Waals surface area contributed by atoms with Crippen LogP contribution in [0.4, 0.5) is 5.82 Å². The van der Waals surface area contributed by atoms with Crippen LogP contribution in [0.1, 0.15) is 13.3 Å². The molecule has 96 valence electrons. The fourth-order valence-electron chi connectivity index (χ4n) is 1.49. The summed E-state index contributed by atoms with van der Waals surface area (Å²) < 4.78 is 1.67. The van der Waals surface area contributed by atoms with Crippen molar-refractivity contribution in [2.45, 2.75) is 18.2 Å². The summed E-state index contributed by atoms with van der Waals surface area (Å²) in [7, 11) is 0. The van der Waals surface area contributed by atoms with Gasteiger partial charge in [-0.25, -0.2) is 4.68 Å². The van der Waals surface area contributed by atoms with Crippen LogP contribution >= 0.6 is 35.0 Å². The van der Waals surface area contributed by atoms with Gasteiger partial charge in [0.05, 0.1) is 26.8 Å². The van der Waals surface area contributed by atoms with Crippen molar-refractivity contribution in [1.29, 1.82) is 0 Å². The molecule has 0 fully saturated rings. The molecule has 1 aromatic carbocycles. The lowest BCUT2D eigenvalue weighted by molar-refractivity contribution is 0.891. The Bertz CT molecular complexity index is 554. The van der Waals surface area contributed by atoms with Crippen molar-refractivity contribution in [2.75, 3.05) is 11.5 Å². The van der Waals surface area contributed by atoms with E-state index < -0.39 is 0 Å². The normalized spacial score (nSPS) is 10.8. The second kappa shape index (κ2) is 5.87. The zero-order valence-corrected chi connectivity index (χ0v) is 12.2. The molecule has 0 aliphatic carbocycles. The highest BCUT2D eigenvalue weighted by atomic mass is 35.5. The third-order valence-electron chi connectivity index (χ3n) is 2.38. The molecule has 0 aliphatic rings. The van der Waals surface area contributed by atoms with Gasteiger partial charge in [0, 0.05) is 0 Å². The predicted octanol–water partition coefficient (Wildman–Crippen LogP) is 4.26. The van der Waals surface area contributed by atoms with Crippen molar-refractivity contribution in [2.24, 2.45) is 0 Å². The van der Waals surface area contributed by atoms with Crippen molar-refractivity contribution in [3.63, 3.8) is 0 Å². The fourth-order valence-corrected chi connectivity index (χ4v) is 2.56. The average molecular weight is 302 g/mol. The molecular weight excluding hydrogens is 289 g/mol. The van der Waals surface area contributed by atoms with Gasteiger partial charge in [-0.2, -0.15) is 5.10 Å². The summed E-state index contributed by atoms with van der Waals surface area (Å²) in [6.45, 7) is 2.13. The van der Waals surface area contributed by atoms with E-state index in [1.807, 2.05) is 6.07 Å². The minimum atomic E-state index is 0.492. The monoisotopic (exact) mass is 301 g/mol. The Morgan fingerprint density at radius 1 is 1.33 bits per heavy atom. The van der Waals surface area contributed by atoms with Crippen LogP contribution in [0.3, 0.4) is 0 Å². The van der Waals surface area contributed by atoms with Gasteiger partial charge in [0.25, 0.3) is 0 Å². The molecule has 0 unspecified atom stereocenters. The molecule has 0 atom stereocenters. The van der Waals surface area contributed by atoms with E-state index in [9.17, 15) is 0 Å². The number of halogens is 2. The molecule has 0 radical (unpaired) electrons. The van der Waals surface area contributed by atoms with Gasteiger partial charge in [-0.05, 0) is 30.4 Å². The van der Waals surface area contributed by atoms with Gasteiger partial charge in [-0.3, -0.25) is 0 Å². The van der Waals surface area contributed by atoms with Gasteiger partial charge in [0.1, 0.15) is 5.82 Å². The number of thioether (sulfide) groups is 1. The molecule has 0 saturated heterocycles. The van der Waals surface area contributed by atoms with Crippen LogP contribution in [0, 0.1) is 0 Å². The van der Waals surface area contributed by atoms with Gasteiger partial charge >= 0.3 is 0 Å². The Labute approximate surface area is 120 Å². The minimum absolute atomic E-state index is 0.492. The number of aromatic nitrogens is 2. The molecule has 1 aromatic heterocycles. The maximum absolute atomic E-state index is 6.07. The fraction of sp³-hybridized carbons (Fsp3) is 0.250. The molecular formula is C12H13Cl2N3S. The number of hydrogen-bond donors (Lipinski definition) is 1. The Morgan fingerprint density at radius 3 is 2.78 bits per heavy atom. The average Bonchev–Trinajstić information content (AvgIpc) is 2.72. The summed E-state index contributed by atoms with van der Waals surface area (Å²) in [6.07, 6.45) is 2.88. The Hall–Kier alpha value is -0.840. The Balaban J connectivity index is 2.33. The van der Waals surface area contributed by atoms with Gasteiger partial charge in [-0.1, -0.05) is 30.1 Å². The third-order valence-corrected chi connectivity index (χ3v) is 4.36. The van der Waals surface area contributed by atoms with E-state index in [1.165, 1.54) is 0 Å². The smallest absolute Gasteiger partial charge is 0.140 e. The van der Waals surface area contributed by atoms with Crippen LogP contribution in [-0.4, -0.2) is 15.5 Å². The van der Waals surface area contributed by atoms with Crippen LogP contribution in [0.25, 0.3) is 5.69 Å². The Kier molecular flexibility index (Phi) is 4.43. The lowest BCUT2D eigenvalue weighted by atomic mass is 10.3. The SMILES string of the molecule is CCCSc1cnn(-c2ccc(Cl)c(Cl)c2)c1N. The minimum Gasteiger partial charge on any atom is -0.383 e. The summed E-state index contributed by atoms with van der Waals surface area (Å²) in [5.74, 6) is 1.66. The topological polar surface area (TPSA) is 43.8 Å². The van der Waals surface area contributed by atoms with E-state index in [-0.39, 0.29) is 0 Å². The molecule has 3 nitrogen and oxygen atoms in total. The molecule has 0 bridgehead atoms. The van der Waals surface area contributed by atoms with Crippen molar-refractivity contribution in [3.05, 3.63) is 34.4 Å². The van der Waals surface area contributed by atoms with Crippen molar-refractivity contribution < 1.29 is 0 Å². The highest BCUT2D eigenvalue weighted by Gasteiger charge is 2.10. The van der Waals surface area contributed by atoms with Gasteiger partial charge in [-0.15, -0.1) is 11.8 Å². The van der Waals surface area contributed by atoms with Crippen LogP contribution in [0.15, 0.2) is 29.3 Å². The predicted molar refractivity (Wildman–Crippen MR) is 79.0 cm³/mol. The summed E-state index contributed by atoms with van der Waals surface area (Å²) in [6, 6.07) is 5.33. The maximum atomic E-state index is 6.07. The van der Waals surface area contributed by atoms with Crippen LogP contribution in [0.2, 0.25) is 10.0 Å². The molecule has 18 heavy (non-hydrogen) atoms. The van der Waals surface area contributed by atoms with E-state index in [1.54, 1.807) is 34.8 Å². The molecule has 2 aromatic rings. The van der Waals surface area contributed by atoms with Crippen molar-refractivity contribution in [1.82, 2.24) is 9.78 Å². The molecule has 0 spiro atoms. The molecule has 2 rings (SSSR count). The van der Waals surface area contributed by atoms with Gasteiger partial charge in [0.2, 0.25) is 0 Å². The number of anilines is 1. The maximum Gasteiger partial charge on any atom is 0.140 e. The Morgan fingerprint density at radius 2 is 2.11 bits per heavy atom. The molecule has 6 heteroatoms. The van der Waals surface area contributed by atoms with Crippen LogP contribution < -0.4 is 5.73 Å². The van der Waals surface area contributed by atoms with E-state index >= 15 is 0 Å². The van der Waals surface area contributed by atoms with Gasteiger partial charge in [0.15, 0.2) is 0 Å². The number of benzene rings is 1. The highest BCUT2D eigenvalue weighted by molar-refractivity contribution is 7.99. The van der Waals surface area contributed by atoms with E-state index in [2.05, 4.69) is 12.0 Å². The van der Waals surface area contributed by atoms with Crippen molar-refractivity contribution >= 4 is 40.8 Å². The van der Waals surface area contributed by atoms with Crippen LogP contribution in [-0.2, 0) is 0 Å². The quantitative estimate of drug-likeness (QED) is 0.858. The molecule has 0 aliphatic heterocycles. The van der Waals surface area contributed by atoms with E-state index in [0.717, 1.165) is 22.8 Å². The zero-order chi connectivity index (χ0) is 13.1. The summed E-state index contributed by atoms with van der Waals surface area (Å²) >= 11 is 13.6. The first-order chi connectivity index (χ1) is 8.63. The largest absolute Gasteiger partial charge is 0.383 e. The second-order valence-corrected chi connectivity index (χ2v) is 5.70. The van der Waals surface area contributed by atoms with Crippen LogP contribution in [0.5, 0.6) is 0 Å². The third kappa shape index (κ3) is 2.76. The summed E-state index contributed by atoms with van der Waals surface area (Å²) in [5.41, 5.74) is 6.88. The number of hydrogen-bond acceptors (Lipinski definition) is 3. The molecule has 0 saturated carbocycles. The number of rotatable bonds is 4. The summed E-state index contributed by atoms with van der Waals surface area (Å²) in [4.78, 5) is 0.989. The standard InChI is InChI=1S/C12H13Cl2N3S/c1-2-5-18-11-7-16-17(12(11)15)8-3-4-9(13)10(14)6-8/h3-4,6-7H,2,5,15H2,1H3. The van der Waals surface area contributed by atoms with E-state index in [0.29, 0.717) is 15.9 Å². The number of nitrogens with two attached hydrogens (primary N) is 1. The first-order valence-electron chi connectivity index (χ1n) is 5.55. The molecule has 0 amide bonds. The lowest BCUT2D eigenvalue weighted by Crippen LogP contribution is -2.02. The zero-order valence-electron chi connectivity index (χ0n) is 9.86. The van der Waals surface area contributed by atoms with Gasteiger partial charge < -0.3 is 5.73 Å². The highest BCUT2D eigenvalue weighted by Crippen LogP contribution is 2.29. The molecule has 1 heterocycles. The lowest BCUT2D eigenvalue weighted by Gasteiger charge is -2.06.